The highest BCUT2D eigenvalue weighted by Crippen LogP contribution is 2.17. The number of rotatable bonds is 5. The van der Waals surface area contributed by atoms with Gasteiger partial charge in [0.1, 0.15) is 0 Å². The van der Waals surface area contributed by atoms with Gasteiger partial charge in [0.05, 0.1) is 5.92 Å². The standard InChI is InChI=1S/C15H19ClN2O3/c16-12-4-1-5-13(9-12)17-14(19)6-8-18-7-2-3-11(10-18)15(20)21/h1,4-5,9,11H,2-3,6-8,10H2,(H,17,19)(H,20,21). The van der Waals surface area contributed by atoms with Crippen LogP contribution < -0.4 is 5.32 Å². The minimum atomic E-state index is -0.747. The molecule has 1 aromatic carbocycles. The van der Waals surface area contributed by atoms with E-state index in [0.717, 1.165) is 19.4 Å². The first-order chi connectivity index (χ1) is 10.0. The maximum absolute atomic E-state index is 11.9. The van der Waals surface area contributed by atoms with Gasteiger partial charge in [-0.05, 0) is 37.6 Å². The number of piperidine rings is 1. The number of nitrogens with zero attached hydrogens (tertiary/aromatic N) is 1. The van der Waals surface area contributed by atoms with Crippen LogP contribution in [0.15, 0.2) is 24.3 Å². The topological polar surface area (TPSA) is 69.6 Å². The summed E-state index contributed by atoms with van der Waals surface area (Å²) in [7, 11) is 0. The van der Waals surface area contributed by atoms with E-state index in [9.17, 15) is 9.59 Å². The number of halogens is 1. The fourth-order valence-corrected chi connectivity index (χ4v) is 2.70. The van der Waals surface area contributed by atoms with Gasteiger partial charge in [-0.1, -0.05) is 17.7 Å². The molecule has 0 spiro atoms. The Morgan fingerprint density at radius 1 is 1.43 bits per heavy atom. The Hall–Kier alpha value is -1.59. The first-order valence-electron chi connectivity index (χ1n) is 7.05. The number of carbonyl (C=O) groups excluding carboxylic acids is 1. The summed E-state index contributed by atoms with van der Waals surface area (Å²) in [5.41, 5.74) is 0.676. The van der Waals surface area contributed by atoms with Crippen LogP contribution in [0.3, 0.4) is 0 Å². The summed E-state index contributed by atoms with van der Waals surface area (Å²) in [6.45, 7) is 1.96. The Bertz CT molecular complexity index is 521. The zero-order valence-electron chi connectivity index (χ0n) is 11.7. The van der Waals surface area contributed by atoms with Crippen molar-refractivity contribution in [1.82, 2.24) is 4.90 Å². The molecule has 1 atom stereocenters. The third-order valence-corrected chi connectivity index (χ3v) is 3.85. The summed E-state index contributed by atoms with van der Waals surface area (Å²) in [6.07, 6.45) is 1.94. The summed E-state index contributed by atoms with van der Waals surface area (Å²) in [6, 6.07) is 7.00. The van der Waals surface area contributed by atoms with Crippen LogP contribution in [-0.2, 0) is 9.59 Å². The maximum atomic E-state index is 11.9. The molecule has 0 bridgehead atoms. The smallest absolute Gasteiger partial charge is 0.307 e. The number of hydrogen-bond acceptors (Lipinski definition) is 3. The molecule has 1 aromatic rings. The normalized spacial score (nSPS) is 19.2. The number of amides is 1. The molecule has 0 aliphatic carbocycles. The highest BCUT2D eigenvalue weighted by molar-refractivity contribution is 6.30. The number of hydrogen-bond donors (Lipinski definition) is 2. The highest BCUT2D eigenvalue weighted by Gasteiger charge is 2.25. The third kappa shape index (κ3) is 5.02. The van der Waals surface area contributed by atoms with E-state index in [1.807, 2.05) is 4.90 Å². The van der Waals surface area contributed by atoms with Crippen LogP contribution >= 0.6 is 11.6 Å². The second-order valence-electron chi connectivity index (χ2n) is 5.29. The molecule has 1 unspecified atom stereocenters. The van der Waals surface area contributed by atoms with Crippen LogP contribution in [0.25, 0.3) is 0 Å². The fourth-order valence-electron chi connectivity index (χ4n) is 2.51. The molecule has 2 N–H and O–H groups in total. The van der Waals surface area contributed by atoms with Crippen molar-refractivity contribution in [2.75, 3.05) is 25.0 Å². The van der Waals surface area contributed by atoms with Crippen molar-refractivity contribution in [2.45, 2.75) is 19.3 Å². The van der Waals surface area contributed by atoms with Crippen molar-refractivity contribution in [3.63, 3.8) is 0 Å². The van der Waals surface area contributed by atoms with Gasteiger partial charge in [0, 0.05) is 30.2 Å². The Labute approximate surface area is 128 Å². The van der Waals surface area contributed by atoms with E-state index in [0.29, 0.717) is 30.2 Å². The predicted octanol–water partition coefficient (Wildman–Crippen LogP) is 2.47. The summed E-state index contributed by atoms with van der Waals surface area (Å²) < 4.78 is 0. The molecule has 1 fully saturated rings. The van der Waals surface area contributed by atoms with Gasteiger partial charge in [-0.3, -0.25) is 9.59 Å². The number of aliphatic carboxylic acids is 1. The molecule has 1 heterocycles. The molecule has 1 amide bonds. The average molecular weight is 311 g/mol. The van der Waals surface area contributed by atoms with Crippen molar-refractivity contribution in [3.8, 4) is 0 Å². The van der Waals surface area contributed by atoms with Gasteiger partial charge in [0.25, 0.3) is 0 Å². The Kier molecular flexibility index (Phi) is 5.59. The maximum Gasteiger partial charge on any atom is 0.307 e. The van der Waals surface area contributed by atoms with Crippen LogP contribution in [0.1, 0.15) is 19.3 Å². The molecule has 1 saturated heterocycles. The minimum Gasteiger partial charge on any atom is -0.481 e. The zero-order valence-corrected chi connectivity index (χ0v) is 12.5. The van der Waals surface area contributed by atoms with E-state index in [1.165, 1.54) is 0 Å². The minimum absolute atomic E-state index is 0.0882. The number of likely N-dealkylation sites (tertiary alicyclic amines) is 1. The number of benzene rings is 1. The molecule has 114 valence electrons. The fraction of sp³-hybridized carbons (Fsp3) is 0.467. The summed E-state index contributed by atoms with van der Waals surface area (Å²) in [5.74, 6) is -1.15. The molecule has 21 heavy (non-hydrogen) atoms. The number of anilines is 1. The van der Waals surface area contributed by atoms with E-state index < -0.39 is 5.97 Å². The van der Waals surface area contributed by atoms with Crippen LogP contribution in [0.2, 0.25) is 5.02 Å². The Morgan fingerprint density at radius 3 is 2.95 bits per heavy atom. The summed E-state index contributed by atoms with van der Waals surface area (Å²) in [5, 5.41) is 12.4. The lowest BCUT2D eigenvalue weighted by molar-refractivity contribution is -0.143. The molecule has 6 heteroatoms. The van der Waals surface area contributed by atoms with Gasteiger partial charge < -0.3 is 15.3 Å². The molecule has 1 aliphatic heterocycles. The molecular formula is C15H19ClN2O3. The van der Waals surface area contributed by atoms with E-state index in [1.54, 1.807) is 24.3 Å². The molecular weight excluding hydrogens is 292 g/mol. The van der Waals surface area contributed by atoms with Gasteiger partial charge >= 0.3 is 5.97 Å². The first kappa shape index (κ1) is 15.8. The zero-order chi connectivity index (χ0) is 15.2. The molecule has 2 rings (SSSR count). The summed E-state index contributed by atoms with van der Waals surface area (Å²) >= 11 is 5.86. The molecule has 0 saturated carbocycles. The monoisotopic (exact) mass is 310 g/mol. The molecule has 0 radical (unpaired) electrons. The lowest BCUT2D eigenvalue weighted by Crippen LogP contribution is -2.40. The Morgan fingerprint density at radius 2 is 2.24 bits per heavy atom. The third-order valence-electron chi connectivity index (χ3n) is 3.62. The van der Waals surface area contributed by atoms with Crippen LogP contribution in [0, 0.1) is 5.92 Å². The SMILES string of the molecule is O=C(CCN1CCCC(C(=O)O)C1)Nc1cccc(Cl)c1. The van der Waals surface area contributed by atoms with Crippen molar-refractivity contribution in [3.05, 3.63) is 29.3 Å². The molecule has 1 aliphatic rings. The van der Waals surface area contributed by atoms with Gasteiger partial charge in [-0.25, -0.2) is 0 Å². The van der Waals surface area contributed by atoms with Gasteiger partial charge in [-0.2, -0.15) is 0 Å². The van der Waals surface area contributed by atoms with Gasteiger partial charge in [0.2, 0.25) is 5.91 Å². The van der Waals surface area contributed by atoms with Gasteiger partial charge in [0.15, 0.2) is 0 Å². The van der Waals surface area contributed by atoms with Crippen molar-refractivity contribution in [2.24, 2.45) is 5.92 Å². The highest BCUT2D eigenvalue weighted by atomic mass is 35.5. The van der Waals surface area contributed by atoms with E-state index >= 15 is 0 Å². The van der Waals surface area contributed by atoms with E-state index in [-0.39, 0.29) is 11.8 Å². The first-order valence-corrected chi connectivity index (χ1v) is 7.43. The number of carboxylic acid groups (broad SMARTS) is 1. The van der Waals surface area contributed by atoms with Gasteiger partial charge in [-0.15, -0.1) is 0 Å². The number of carbonyl (C=O) groups is 2. The second kappa shape index (κ2) is 7.43. The number of nitrogens with one attached hydrogen (secondary N) is 1. The molecule has 0 aromatic heterocycles. The van der Waals surface area contributed by atoms with Crippen LogP contribution in [-0.4, -0.2) is 41.5 Å². The molecule has 5 nitrogen and oxygen atoms in total. The van der Waals surface area contributed by atoms with Crippen LogP contribution in [0.5, 0.6) is 0 Å². The van der Waals surface area contributed by atoms with Crippen molar-refractivity contribution >= 4 is 29.2 Å². The van der Waals surface area contributed by atoms with E-state index in [4.69, 9.17) is 16.7 Å². The van der Waals surface area contributed by atoms with Crippen molar-refractivity contribution < 1.29 is 14.7 Å². The lowest BCUT2D eigenvalue weighted by Gasteiger charge is -2.30. The average Bonchev–Trinajstić information content (AvgIpc) is 2.45. The van der Waals surface area contributed by atoms with Crippen molar-refractivity contribution in [1.29, 1.82) is 0 Å². The van der Waals surface area contributed by atoms with Crippen LogP contribution in [0.4, 0.5) is 5.69 Å². The van der Waals surface area contributed by atoms with E-state index in [2.05, 4.69) is 5.32 Å². The second-order valence-corrected chi connectivity index (χ2v) is 5.72. The quantitative estimate of drug-likeness (QED) is 0.876. The number of carboxylic acids is 1. The largest absolute Gasteiger partial charge is 0.481 e. The Balaban J connectivity index is 1.77. The predicted molar refractivity (Wildman–Crippen MR) is 81.5 cm³/mol. The summed E-state index contributed by atoms with van der Waals surface area (Å²) in [4.78, 5) is 24.9. The lowest BCUT2D eigenvalue weighted by atomic mass is 9.98.